The molecule has 20 heavy (non-hydrogen) atoms. The highest BCUT2D eigenvalue weighted by atomic mass is 32.2. The van der Waals surface area contributed by atoms with Crippen LogP contribution in [0.15, 0.2) is 59.5 Å². The van der Waals surface area contributed by atoms with E-state index in [0.29, 0.717) is 12.3 Å². The van der Waals surface area contributed by atoms with Crippen molar-refractivity contribution in [2.45, 2.75) is 18.7 Å². The number of carbonyl (C=O) groups excluding carboxylic acids is 1. The number of anilines is 1. The Morgan fingerprint density at radius 1 is 1.10 bits per heavy atom. The van der Waals surface area contributed by atoms with Gasteiger partial charge in [-0.25, -0.2) is 0 Å². The number of rotatable bonds is 5. The average molecular weight is 285 g/mol. The van der Waals surface area contributed by atoms with Crippen molar-refractivity contribution < 1.29 is 4.79 Å². The SMILES string of the molecule is CCN(C(=O)CSc1ccccc1)c1cccc(C)c1. The van der Waals surface area contributed by atoms with E-state index in [1.807, 2.05) is 67.3 Å². The molecule has 0 heterocycles. The van der Waals surface area contributed by atoms with Gasteiger partial charge in [-0.05, 0) is 43.7 Å². The van der Waals surface area contributed by atoms with Gasteiger partial charge >= 0.3 is 0 Å². The standard InChI is InChI=1S/C17H19NOS/c1-3-18(15-9-7-8-14(2)12-15)17(19)13-20-16-10-5-4-6-11-16/h4-12H,3,13H2,1-2H3. The number of aryl methyl sites for hydroxylation is 1. The Kier molecular flexibility index (Phi) is 5.24. The normalized spacial score (nSPS) is 10.3. The molecule has 0 aliphatic heterocycles. The van der Waals surface area contributed by atoms with Crippen LogP contribution in [-0.4, -0.2) is 18.2 Å². The lowest BCUT2D eigenvalue weighted by Crippen LogP contribution is -2.32. The fourth-order valence-corrected chi connectivity index (χ4v) is 2.83. The second-order valence-corrected chi connectivity index (χ2v) is 5.63. The maximum Gasteiger partial charge on any atom is 0.237 e. The zero-order valence-electron chi connectivity index (χ0n) is 11.9. The van der Waals surface area contributed by atoms with Gasteiger partial charge in [-0.2, -0.15) is 0 Å². The lowest BCUT2D eigenvalue weighted by atomic mass is 10.2. The second kappa shape index (κ2) is 7.15. The molecule has 0 aromatic heterocycles. The van der Waals surface area contributed by atoms with Crippen LogP contribution in [0.5, 0.6) is 0 Å². The van der Waals surface area contributed by atoms with Crippen molar-refractivity contribution in [2.75, 3.05) is 17.2 Å². The molecule has 0 saturated heterocycles. The first-order valence-electron chi connectivity index (χ1n) is 6.75. The van der Waals surface area contributed by atoms with Crippen LogP contribution in [0.3, 0.4) is 0 Å². The van der Waals surface area contributed by atoms with Crippen LogP contribution < -0.4 is 4.90 Å². The Morgan fingerprint density at radius 3 is 2.50 bits per heavy atom. The molecule has 0 aliphatic rings. The van der Waals surface area contributed by atoms with Crippen molar-refractivity contribution in [3.8, 4) is 0 Å². The molecule has 0 unspecified atom stereocenters. The summed E-state index contributed by atoms with van der Waals surface area (Å²) in [6, 6.07) is 18.1. The molecular formula is C17H19NOS. The van der Waals surface area contributed by atoms with Crippen molar-refractivity contribution in [1.82, 2.24) is 0 Å². The van der Waals surface area contributed by atoms with Gasteiger partial charge in [0.25, 0.3) is 0 Å². The number of amides is 1. The fraction of sp³-hybridized carbons (Fsp3) is 0.235. The van der Waals surface area contributed by atoms with Gasteiger partial charge in [0, 0.05) is 17.1 Å². The second-order valence-electron chi connectivity index (χ2n) is 4.58. The molecule has 0 aliphatic carbocycles. The Labute approximate surface area is 124 Å². The zero-order chi connectivity index (χ0) is 14.4. The number of thioether (sulfide) groups is 1. The Bertz CT molecular complexity index is 568. The van der Waals surface area contributed by atoms with Gasteiger partial charge in [-0.15, -0.1) is 11.8 Å². The van der Waals surface area contributed by atoms with Gasteiger partial charge in [0.15, 0.2) is 0 Å². The van der Waals surface area contributed by atoms with Gasteiger partial charge < -0.3 is 4.90 Å². The van der Waals surface area contributed by atoms with Crippen LogP contribution in [0.4, 0.5) is 5.69 Å². The highest BCUT2D eigenvalue weighted by Crippen LogP contribution is 2.21. The quantitative estimate of drug-likeness (QED) is 0.770. The van der Waals surface area contributed by atoms with E-state index >= 15 is 0 Å². The minimum absolute atomic E-state index is 0.145. The number of carbonyl (C=O) groups is 1. The van der Waals surface area contributed by atoms with Crippen LogP contribution in [-0.2, 0) is 4.79 Å². The summed E-state index contributed by atoms with van der Waals surface area (Å²) in [7, 11) is 0. The van der Waals surface area contributed by atoms with Gasteiger partial charge in [-0.3, -0.25) is 4.79 Å². The molecule has 2 rings (SSSR count). The summed E-state index contributed by atoms with van der Waals surface area (Å²) >= 11 is 1.58. The summed E-state index contributed by atoms with van der Waals surface area (Å²) in [6.45, 7) is 4.74. The summed E-state index contributed by atoms with van der Waals surface area (Å²) in [5.41, 5.74) is 2.15. The summed E-state index contributed by atoms with van der Waals surface area (Å²) in [5, 5.41) is 0. The average Bonchev–Trinajstić information content (AvgIpc) is 2.47. The van der Waals surface area contributed by atoms with Crippen molar-refractivity contribution in [3.63, 3.8) is 0 Å². The molecule has 0 atom stereocenters. The maximum atomic E-state index is 12.4. The molecule has 1 amide bonds. The molecule has 3 heteroatoms. The zero-order valence-corrected chi connectivity index (χ0v) is 12.7. The lowest BCUT2D eigenvalue weighted by molar-refractivity contribution is -0.116. The van der Waals surface area contributed by atoms with Crippen LogP contribution in [0.25, 0.3) is 0 Å². The molecule has 2 aromatic carbocycles. The minimum atomic E-state index is 0.145. The number of benzene rings is 2. The van der Waals surface area contributed by atoms with Crippen molar-refractivity contribution in [1.29, 1.82) is 0 Å². The Morgan fingerprint density at radius 2 is 1.85 bits per heavy atom. The van der Waals surface area contributed by atoms with Crippen molar-refractivity contribution in [3.05, 3.63) is 60.2 Å². The smallest absolute Gasteiger partial charge is 0.237 e. The predicted octanol–water partition coefficient (Wildman–Crippen LogP) is 4.14. The maximum absolute atomic E-state index is 12.4. The molecule has 0 fully saturated rings. The van der Waals surface area contributed by atoms with Crippen molar-refractivity contribution in [2.24, 2.45) is 0 Å². The largest absolute Gasteiger partial charge is 0.312 e. The third-order valence-corrected chi connectivity index (χ3v) is 4.03. The first-order chi connectivity index (χ1) is 9.70. The van der Waals surface area contributed by atoms with Crippen molar-refractivity contribution >= 4 is 23.4 Å². The predicted molar refractivity (Wildman–Crippen MR) is 86.4 cm³/mol. The summed E-state index contributed by atoms with van der Waals surface area (Å²) in [4.78, 5) is 15.3. The van der Waals surface area contributed by atoms with Crippen LogP contribution in [0.2, 0.25) is 0 Å². The van der Waals surface area contributed by atoms with E-state index in [4.69, 9.17) is 0 Å². The van der Waals surface area contributed by atoms with E-state index in [2.05, 4.69) is 6.07 Å². The first-order valence-corrected chi connectivity index (χ1v) is 7.74. The summed E-state index contributed by atoms with van der Waals surface area (Å²) in [6.07, 6.45) is 0. The van der Waals surface area contributed by atoms with Gasteiger partial charge in [0.05, 0.1) is 5.75 Å². The number of hydrogen-bond donors (Lipinski definition) is 0. The molecule has 0 radical (unpaired) electrons. The van der Waals surface area contributed by atoms with E-state index in [9.17, 15) is 4.79 Å². The molecule has 0 N–H and O–H groups in total. The van der Waals surface area contributed by atoms with E-state index in [1.165, 1.54) is 5.56 Å². The minimum Gasteiger partial charge on any atom is -0.312 e. The molecule has 0 spiro atoms. The highest BCUT2D eigenvalue weighted by Gasteiger charge is 2.14. The third kappa shape index (κ3) is 3.87. The number of nitrogens with zero attached hydrogens (tertiary/aromatic N) is 1. The molecule has 2 aromatic rings. The van der Waals surface area contributed by atoms with Gasteiger partial charge in [-0.1, -0.05) is 30.3 Å². The van der Waals surface area contributed by atoms with E-state index in [-0.39, 0.29) is 5.91 Å². The Balaban J connectivity index is 2.02. The number of hydrogen-bond acceptors (Lipinski definition) is 2. The monoisotopic (exact) mass is 285 g/mol. The molecule has 0 bridgehead atoms. The van der Waals surface area contributed by atoms with Crippen LogP contribution in [0, 0.1) is 6.92 Å². The topological polar surface area (TPSA) is 20.3 Å². The molecular weight excluding hydrogens is 266 g/mol. The van der Waals surface area contributed by atoms with Crippen LogP contribution >= 0.6 is 11.8 Å². The first kappa shape index (κ1) is 14.7. The van der Waals surface area contributed by atoms with Crippen LogP contribution in [0.1, 0.15) is 12.5 Å². The lowest BCUT2D eigenvalue weighted by Gasteiger charge is -2.21. The summed E-state index contributed by atoms with van der Waals surface area (Å²) < 4.78 is 0. The van der Waals surface area contributed by atoms with E-state index in [1.54, 1.807) is 11.8 Å². The molecule has 0 saturated carbocycles. The molecule has 104 valence electrons. The van der Waals surface area contributed by atoms with Gasteiger partial charge in [0.1, 0.15) is 0 Å². The van der Waals surface area contributed by atoms with E-state index in [0.717, 1.165) is 10.6 Å². The highest BCUT2D eigenvalue weighted by molar-refractivity contribution is 8.00. The van der Waals surface area contributed by atoms with E-state index < -0.39 is 0 Å². The Hall–Kier alpha value is -1.74. The van der Waals surface area contributed by atoms with Gasteiger partial charge in [0.2, 0.25) is 5.91 Å². The summed E-state index contributed by atoms with van der Waals surface area (Å²) in [5.74, 6) is 0.609. The fourth-order valence-electron chi connectivity index (χ4n) is 2.04. The molecule has 2 nitrogen and oxygen atoms in total. The third-order valence-electron chi connectivity index (χ3n) is 3.04.